The Balaban J connectivity index is 2.35. The van der Waals surface area contributed by atoms with Crippen molar-refractivity contribution in [1.82, 2.24) is 9.55 Å². The first-order valence-electron chi connectivity index (χ1n) is 6.56. The molecule has 1 unspecified atom stereocenters. The Morgan fingerprint density at radius 2 is 1.90 bits per heavy atom. The maximum absolute atomic E-state index is 13.8. The van der Waals surface area contributed by atoms with Gasteiger partial charge in [0.2, 0.25) is 0 Å². The maximum atomic E-state index is 13.8. The summed E-state index contributed by atoms with van der Waals surface area (Å²) in [5, 5.41) is -0.264. The first-order chi connectivity index (χ1) is 9.97. The fraction of sp³-hybridized carbons (Fsp3) is 0.188. The predicted molar refractivity (Wildman–Crippen MR) is 92.8 cm³/mol. The zero-order chi connectivity index (χ0) is 15.1. The van der Waals surface area contributed by atoms with E-state index in [4.69, 9.17) is 11.6 Å². The third-order valence-electron chi connectivity index (χ3n) is 3.40. The van der Waals surface area contributed by atoms with Gasteiger partial charge in [0.05, 0.1) is 16.4 Å². The average Bonchev–Trinajstić information content (AvgIpc) is 2.79. The van der Waals surface area contributed by atoms with Crippen molar-refractivity contribution < 1.29 is 4.39 Å². The number of imidazole rings is 1. The smallest absolute Gasteiger partial charge is 0.132 e. The van der Waals surface area contributed by atoms with Crippen LogP contribution in [0, 0.1) is 16.3 Å². The summed E-state index contributed by atoms with van der Waals surface area (Å²) in [4.78, 5) is 4.50. The first kappa shape index (κ1) is 14.8. The van der Waals surface area contributed by atoms with Crippen LogP contribution in [0.4, 0.5) is 4.39 Å². The van der Waals surface area contributed by atoms with Gasteiger partial charge in [-0.25, -0.2) is 9.37 Å². The van der Waals surface area contributed by atoms with Crippen molar-refractivity contribution in [3.8, 4) is 5.69 Å². The van der Waals surface area contributed by atoms with Gasteiger partial charge >= 0.3 is 0 Å². The number of benzene rings is 2. The van der Waals surface area contributed by atoms with E-state index in [1.54, 1.807) is 6.92 Å². The van der Waals surface area contributed by atoms with Crippen molar-refractivity contribution in [2.75, 3.05) is 0 Å². The number of fused-ring (bicyclic) bond motifs is 1. The molecule has 0 bridgehead atoms. The molecule has 3 aromatic rings. The molecule has 0 saturated heterocycles. The van der Waals surface area contributed by atoms with E-state index >= 15 is 0 Å². The lowest BCUT2D eigenvalue weighted by Crippen LogP contribution is -2.02. The van der Waals surface area contributed by atoms with E-state index in [0.29, 0.717) is 11.1 Å². The average molecular weight is 415 g/mol. The molecule has 108 valence electrons. The summed E-state index contributed by atoms with van der Waals surface area (Å²) >= 11 is 8.53. The molecule has 1 atom stereocenters. The van der Waals surface area contributed by atoms with Crippen LogP contribution in [0.15, 0.2) is 36.4 Å². The molecule has 3 rings (SSSR count). The maximum Gasteiger partial charge on any atom is 0.132 e. The Bertz CT molecular complexity index is 809. The highest BCUT2D eigenvalue weighted by atomic mass is 127. The van der Waals surface area contributed by atoms with Gasteiger partial charge in [0.25, 0.3) is 0 Å². The lowest BCUT2D eigenvalue weighted by atomic mass is 10.2. The Labute approximate surface area is 141 Å². The summed E-state index contributed by atoms with van der Waals surface area (Å²) in [6, 6.07) is 11.4. The second-order valence-corrected chi connectivity index (χ2v) is 6.89. The number of alkyl halides is 1. The summed E-state index contributed by atoms with van der Waals surface area (Å²) in [6.45, 7) is 3.62. The highest BCUT2D eigenvalue weighted by Crippen LogP contribution is 2.29. The molecule has 0 spiro atoms. The number of hydrogen-bond donors (Lipinski definition) is 0. The van der Waals surface area contributed by atoms with Gasteiger partial charge < -0.3 is 0 Å². The molecule has 0 saturated carbocycles. The normalized spacial score (nSPS) is 12.8. The molecule has 0 amide bonds. The fourth-order valence-corrected chi connectivity index (χ4v) is 2.86. The van der Waals surface area contributed by atoms with Crippen LogP contribution in [0.5, 0.6) is 0 Å². The van der Waals surface area contributed by atoms with E-state index in [-0.39, 0.29) is 11.2 Å². The molecule has 0 N–H and O–H groups in total. The van der Waals surface area contributed by atoms with Gasteiger partial charge in [-0.2, -0.15) is 0 Å². The first-order valence-corrected chi connectivity index (χ1v) is 8.07. The van der Waals surface area contributed by atoms with Crippen LogP contribution in [-0.4, -0.2) is 9.55 Å². The van der Waals surface area contributed by atoms with Crippen LogP contribution in [0.2, 0.25) is 0 Å². The van der Waals surface area contributed by atoms with Crippen molar-refractivity contribution in [3.63, 3.8) is 0 Å². The molecule has 0 aliphatic heterocycles. The minimum absolute atomic E-state index is 0.247. The molecule has 21 heavy (non-hydrogen) atoms. The number of rotatable bonds is 2. The SMILES string of the molecule is Cc1cc2c(cc1F)nc(C(C)Cl)n2-c1ccc(I)cc1. The van der Waals surface area contributed by atoms with Gasteiger partial charge in [-0.1, -0.05) is 0 Å². The van der Waals surface area contributed by atoms with Crippen LogP contribution in [0.3, 0.4) is 0 Å². The Hall–Kier alpha value is -1.14. The van der Waals surface area contributed by atoms with Crippen molar-refractivity contribution in [1.29, 1.82) is 0 Å². The van der Waals surface area contributed by atoms with Crippen molar-refractivity contribution in [2.24, 2.45) is 0 Å². The molecule has 0 fully saturated rings. The third-order valence-corrected chi connectivity index (χ3v) is 4.32. The van der Waals surface area contributed by atoms with Crippen molar-refractivity contribution in [3.05, 3.63) is 57.2 Å². The van der Waals surface area contributed by atoms with E-state index in [1.165, 1.54) is 6.07 Å². The number of aromatic nitrogens is 2. The Kier molecular flexibility index (Phi) is 3.92. The minimum Gasteiger partial charge on any atom is -0.295 e. The second kappa shape index (κ2) is 5.57. The van der Waals surface area contributed by atoms with E-state index < -0.39 is 0 Å². The minimum atomic E-state index is -0.264. The molecule has 5 heteroatoms. The van der Waals surface area contributed by atoms with E-state index in [0.717, 1.165) is 20.6 Å². The van der Waals surface area contributed by atoms with Gasteiger partial charge in [0, 0.05) is 15.3 Å². The van der Waals surface area contributed by atoms with E-state index in [9.17, 15) is 4.39 Å². The summed E-state index contributed by atoms with van der Waals surface area (Å²) in [5.41, 5.74) is 3.08. The number of hydrogen-bond acceptors (Lipinski definition) is 1. The predicted octanol–water partition coefficient (Wildman–Crippen LogP) is 5.38. The molecule has 0 aliphatic carbocycles. The molecule has 1 heterocycles. The second-order valence-electron chi connectivity index (χ2n) is 4.99. The van der Waals surface area contributed by atoms with Gasteiger partial charge in [-0.15, -0.1) is 11.6 Å². The zero-order valence-electron chi connectivity index (χ0n) is 11.6. The summed E-state index contributed by atoms with van der Waals surface area (Å²) < 4.78 is 16.9. The fourth-order valence-electron chi connectivity index (χ4n) is 2.35. The van der Waals surface area contributed by atoms with Crippen LogP contribution in [0.25, 0.3) is 16.7 Å². The van der Waals surface area contributed by atoms with Crippen LogP contribution >= 0.6 is 34.2 Å². The van der Waals surface area contributed by atoms with Gasteiger partial charge in [0.1, 0.15) is 11.6 Å². The molecule has 0 aliphatic rings. The van der Waals surface area contributed by atoms with Crippen LogP contribution in [-0.2, 0) is 0 Å². The Morgan fingerprint density at radius 3 is 2.52 bits per heavy atom. The molecule has 2 aromatic carbocycles. The van der Waals surface area contributed by atoms with Crippen molar-refractivity contribution in [2.45, 2.75) is 19.2 Å². The van der Waals surface area contributed by atoms with Crippen LogP contribution in [0.1, 0.15) is 23.7 Å². The molecule has 0 radical (unpaired) electrons. The molecule has 1 aromatic heterocycles. The lowest BCUT2D eigenvalue weighted by molar-refractivity contribution is 0.620. The Morgan fingerprint density at radius 1 is 1.24 bits per heavy atom. The van der Waals surface area contributed by atoms with E-state index in [1.807, 2.05) is 41.8 Å². The van der Waals surface area contributed by atoms with Crippen LogP contribution < -0.4 is 0 Å². The number of nitrogens with zero attached hydrogens (tertiary/aromatic N) is 2. The van der Waals surface area contributed by atoms with Gasteiger partial charge in [-0.05, 0) is 72.3 Å². The number of aryl methyl sites for hydroxylation is 1. The van der Waals surface area contributed by atoms with E-state index in [2.05, 4.69) is 27.6 Å². The number of halogens is 3. The highest BCUT2D eigenvalue weighted by molar-refractivity contribution is 14.1. The topological polar surface area (TPSA) is 17.8 Å². The standard InChI is InChI=1S/C16H13ClFIN2/c1-9-7-15-14(8-13(9)18)20-16(10(2)17)21(15)12-5-3-11(19)4-6-12/h3-8,10H,1-2H3. The highest BCUT2D eigenvalue weighted by Gasteiger charge is 2.17. The summed E-state index contributed by atoms with van der Waals surface area (Å²) in [5.74, 6) is 0.474. The summed E-state index contributed by atoms with van der Waals surface area (Å²) in [7, 11) is 0. The molecular weight excluding hydrogens is 402 g/mol. The summed E-state index contributed by atoms with van der Waals surface area (Å²) in [6.07, 6.45) is 0. The van der Waals surface area contributed by atoms with Gasteiger partial charge in [-0.3, -0.25) is 4.57 Å². The van der Waals surface area contributed by atoms with Gasteiger partial charge in [0.15, 0.2) is 0 Å². The zero-order valence-corrected chi connectivity index (χ0v) is 14.5. The quantitative estimate of drug-likeness (QED) is 0.407. The largest absolute Gasteiger partial charge is 0.295 e. The van der Waals surface area contributed by atoms with Crippen molar-refractivity contribution >= 4 is 45.2 Å². The monoisotopic (exact) mass is 414 g/mol. The molecule has 2 nitrogen and oxygen atoms in total. The third kappa shape index (κ3) is 2.66. The molecular formula is C16H13ClFIN2. The lowest BCUT2D eigenvalue weighted by Gasteiger charge is -2.11.